The lowest BCUT2D eigenvalue weighted by atomic mass is 9.89. The van der Waals surface area contributed by atoms with E-state index in [9.17, 15) is 4.79 Å². The smallest absolute Gasteiger partial charge is 0.236 e. The second-order valence-electron chi connectivity index (χ2n) is 6.24. The van der Waals surface area contributed by atoms with Crippen LogP contribution in [0.4, 0.5) is 0 Å². The predicted molar refractivity (Wildman–Crippen MR) is 87.7 cm³/mol. The maximum absolute atomic E-state index is 12.2. The third kappa shape index (κ3) is 6.18. The Bertz CT molecular complexity index is 333. The maximum Gasteiger partial charge on any atom is 0.236 e. The van der Waals surface area contributed by atoms with Gasteiger partial charge in [0, 0.05) is 20.0 Å². The molecule has 1 rings (SSSR count). The van der Waals surface area contributed by atoms with Crippen LogP contribution in [0.1, 0.15) is 39.5 Å². The van der Waals surface area contributed by atoms with Gasteiger partial charge in [0.1, 0.15) is 0 Å². The van der Waals surface area contributed by atoms with Crippen LogP contribution in [0.2, 0.25) is 0 Å². The number of likely N-dealkylation sites (tertiary alicyclic amines) is 1. The van der Waals surface area contributed by atoms with Gasteiger partial charge < -0.3 is 10.6 Å². The van der Waals surface area contributed by atoms with Gasteiger partial charge >= 0.3 is 0 Å². The molecule has 2 N–H and O–H groups in total. The summed E-state index contributed by atoms with van der Waals surface area (Å²) in [6.45, 7) is 7.83. The van der Waals surface area contributed by atoms with Gasteiger partial charge in [-0.25, -0.2) is 0 Å². The predicted octanol–water partition coefficient (Wildman–Crippen LogP) is 1.88. The average molecular weight is 299 g/mol. The number of rotatable bonds is 6. The molecule has 0 aromatic carbocycles. The zero-order valence-corrected chi connectivity index (χ0v) is 13.9. The number of amides is 1. The molecule has 1 saturated heterocycles. The maximum atomic E-state index is 12.2. The van der Waals surface area contributed by atoms with Crippen molar-refractivity contribution in [2.24, 2.45) is 17.6 Å². The van der Waals surface area contributed by atoms with E-state index in [2.05, 4.69) is 18.7 Å². The molecule has 0 radical (unpaired) electrons. The minimum Gasteiger partial charge on any atom is -0.393 e. The molecule has 0 aliphatic carbocycles. The van der Waals surface area contributed by atoms with Gasteiger partial charge in [0.25, 0.3) is 0 Å². The van der Waals surface area contributed by atoms with E-state index >= 15 is 0 Å². The largest absolute Gasteiger partial charge is 0.393 e. The summed E-state index contributed by atoms with van der Waals surface area (Å²) >= 11 is 4.85. The van der Waals surface area contributed by atoms with Crippen LogP contribution < -0.4 is 5.73 Å². The molecule has 0 aromatic heterocycles. The van der Waals surface area contributed by atoms with Crippen LogP contribution in [0.5, 0.6) is 0 Å². The number of hydrogen-bond donors (Lipinski definition) is 1. The monoisotopic (exact) mass is 299 g/mol. The SMILES string of the molecule is CC(C)C1CCCN(CC(=O)N(C)CCC(N)=S)CC1. The molecule has 1 aliphatic rings. The molecule has 0 bridgehead atoms. The number of nitrogens with zero attached hydrogens (tertiary/aromatic N) is 2. The van der Waals surface area contributed by atoms with Crippen LogP contribution in [0.25, 0.3) is 0 Å². The van der Waals surface area contributed by atoms with E-state index < -0.39 is 0 Å². The summed E-state index contributed by atoms with van der Waals surface area (Å²) in [4.78, 5) is 16.7. The molecule has 1 aliphatic heterocycles. The first-order chi connectivity index (χ1) is 9.40. The van der Waals surface area contributed by atoms with Crippen molar-refractivity contribution >= 4 is 23.1 Å². The highest BCUT2D eigenvalue weighted by molar-refractivity contribution is 7.80. The quantitative estimate of drug-likeness (QED) is 0.761. The van der Waals surface area contributed by atoms with E-state index in [4.69, 9.17) is 18.0 Å². The molecule has 20 heavy (non-hydrogen) atoms. The van der Waals surface area contributed by atoms with Gasteiger partial charge in [0.05, 0.1) is 11.5 Å². The number of thiocarbonyl (C=S) groups is 1. The zero-order valence-electron chi connectivity index (χ0n) is 13.1. The molecular weight excluding hydrogens is 270 g/mol. The molecule has 0 spiro atoms. The van der Waals surface area contributed by atoms with Crippen molar-refractivity contribution in [1.29, 1.82) is 0 Å². The van der Waals surface area contributed by atoms with E-state index in [0.717, 1.165) is 24.9 Å². The van der Waals surface area contributed by atoms with Crippen molar-refractivity contribution < 1.29 is 4.79 Å². The molecule has 0 saturated carbocycles. The summed E-state index contributed by atoms with van der Waals surface area (Å²) in [6, 6.07) is 0. The lowest BCUT2D eigenvalue weighted by Gasteiger charge is -2.24. The Morgan fingerprint density at radius 3 is 2.70 bits per heavy atom. The molecule has 116 valence electrons. The molecule has 1 heterocycles. The Morgan fingerprint density at radius 2 is 2.10 bits per heavy atom. The van der Waals surface area contributed by atoms with E-state index in [1.165, 1.54) is 19.3 Å². The minimum atomic E-state index is 0.171. The van der Waals surface area contributed by atoms with E-state index in [-0.39, 0.29) is 5.91 Å². The standard InChI is InChI=1S/C15H29N3OS/c1-12(2)13-5-4-8-18(10-6-13)11-15(19)17(3)9-7-14(16)20/h12-13H,4-11H2,1-3H3,(H2,16,20). The number of carbonyl (C=O) groups excluding carboxylic acids is 1. The van der Waals surface area contributed by atoms with Crippen molar-refractivity contribution in [1.82, 2.24) is 9.80 Å². The number of likely N-dealkylation sites (N-methyl/N-ethyl adjacent to an activating group) is 1. The van der Waals surface area contributed by atoms with Gasteiger partial charge in [0.15, 0.2) is 0 Å². The van der Waals surface area contributed by atoms with Gasteiger partial charge in [-0.2, -0.15) is 0 Å². The van der Waals surface area contributed by atoms with Crippen LogP contribution >= 0.6 is 12.2 Å². The van der Waals surface area contributed by atoms with Gasteiger partial charge in [0.2, 0.25) is 5.91 Å². The molecule has 4 nitrogen and oxygen atoms in total. The summed E-state index contributed by atoms with van der Waals surface area (Å²) in [5.41, 5.74) is 5.47. The Kier molecular flexibility index (Phi) is 7.45. The molecule has 0 aromatic rings. The van der Waals surface area contributed by atoms with E-state index in [0.29, 0.717) is 24.5 Å². The van der Waals surface area contributed by atoms with Crippen molar-refractivity contribution in [3.8, 4) is 0 Å². The Balaban J connectivity index is 2.36. The van der Waals surface area contributed by atoms with Crippen LogP contribution in [-0.2, 0) is 4.79 Å². The molecular formula is C15H29N3OS. The van der Waals surface area contributed by atoms with Gasteiger partial charge in [-0.3, -0.25) is 9.69 Å². The topological polar surface area (TPSA) is 49.6 Å². The van der Waals surface area contributed by atoms with Crippen LogP contribution in [0, 0.1) is 11.8 Å². The average Bonchev–Trinajstić information content (AvgIpc) is 2.61. The Labute approximate surface area is 128 Å². The lowest BCUT2D eigenvalue weighted by molar-refractivity contribution is -0.131. The molecule has 5 heteroatoms. The zero-order chi connectivity index (χ0) is 15.1. The first kappa shape index (κ1) is 17.4. The minimum absolute atomic E-state index is 0.171. The highest BCUT2D eigenvalue weighted by atomic mass is 32.1. The number of carbonyl (C=O) groups is 1. The van der Waals surface area contributed by atoms with Gasteiger partial charge in [-0.05, 0) is 44.2 Å². The summed E-state index contributed by atoms with van der Waals surface area (Å²) < 4.78 is 0. The molecule has 1 fully saturated rings. The third-order valence-corrected chi connectivity index (χ3v) is 4.49. The van der Waals surface area contributed by atoms with Crippen molar-refractivity contribution in [2.45, 2.75) is 39.5 Å². The second kappa shape index (κ2) is 8.57. The first-order valence-corrected chi connectivity index (χ1v) is 8.05. The van der Waals surface area contributed by atoms with E-state index in [1.54, 1.807) is 4.90 Å². The fourth-order valence-corrected chi connectivity index (χ4v) is 2.81. The fraction of sp³-hybridized carbons (Fsp3) is 0.867. The molecule has 1 unspecified atom stereocenters. The number of nitrogens with two attached hydrogens (primary N) is 1. The van der Waals surface area contributed by atoms with Gasteiger partial charge in [-0.15, -0.1) is 0 Å². The first-order valence-electron chi connectivity index (χ1n) is 7.64. The highest BCUT2D eigenvalue weighted by Gasteiger charge is 2.21. The summed E-state index contributed by atoms with van der Waals surface area (Å²) in [7, 11) is 1.83. The van der Waals surface area contributed by atoms with Crippen LogP contribution in [-0.4, -0.2) is 53.9 Å². The van der Waals surface area contributed by atoms with Crippen molar-refractivity contribution in [2.75, 3.05) is 33.2 Å². The second-order valence-corrected chi connectivity index (χ2v) is 6.77. The normalized spacial score (nSPS) is 20.7. The Morgan fingerprint density at radius 1 is 1.40 bits per heavy atom. The summed E-state index contributed by atoms with van der Waals surface area (Å²) in [6.07, 6.45) is 4.31. The fourth-order valence-electron chi connectivity index (χ4n) is 2.72. The van der Waals surface area contributed by atoms with E-state index in [1.807, 2.05) is 7.05 Å². The lowest BCUT2D eigenvalue weighted by Crippen LogP contribution is -2.40. The molecule has 1 amide bonds. The van der Waals surface area contributed by atoms with Crippen LogP contribution in [0.15, 0.2) is 0 Å². The van der Waals surface area contributed by atoms with Gasteiger partial charge in [-0.1, -0.05) is 26.1 Å². The molecule has 1 atom stereocenters. The highest BCUT2D eigenvalue weighted by Crippen LogP contribution is 2.24. The number of hydrogen-bond acceptors (Lipinski definition) is 3. The van der Waals surface area contributed by atoms with Crippen molar-refractivity contribution in [3.63, 3.8) is 0 Å². The Hall–Kier alpha value is -0.680. The summed E-state index contributed by atoms with van der Waals surface area (Å²) in [5.74, 6) is 1.73. The van der Waals surface area contributed by atoms with Crippen LogP contribution in [0.3, 0.4) is 0 Å². The third-order valence-electron chi connectivity index (χ3n) is 4.29. The van der Waals surface area contributed by atoms with Crippen molar-refractivity contribution in [3.05, 3.63) is 0 Å². The summed E-state index contributed by atoms with van der Waals surface area (Å²) in [5, 5.41) is 0.